The van der Waals surface area contributed by atoms with Crippen molar-refractivity contribution in [1.29, 1.82) is 0 Å². The highest BCUT2D eigenvalue weighted by molar-refractivity contribution is 8.38. The SMILES string of the molecule is CCn1c(CSC2=NCCS2)nc2cc(F)ccc21. The van der Waals surface area contributed by atoms with Gasteiger partial charge in [0.1, 0.15) is 16.0 Å². The number of hydrogen-bond donors (Lipinski definition) is 0. The Bertz CT molecular complexity index is 636. The van der Waals surface area contributed by atoms with Gasteiger partial charge in [-0.15, -0.1) is 0 Å². The van der Waals surface area contributed by atoms with Crippen LogP contribution in [0.3, 0.4) is 0 Å². The van der Waals surface area contributed by atoms with E-state index in [9.17, 15) is 4.39 Å². The molecule has 0 bridgehead atoms. The number of thioether (sulfide) groups is 2. The average Bonchev–Trinajstić information content (AvgIpc) is 3.02. The van der Waals surface area contributed by atoms with Crippen LogP contribution in [0.15, 0.2) is 23.2 Å². The van der Waals surface area contributed by atoms with E-state index in [-0.39, 0.29) is 5.82 Å². The van der Waals surface area contributed by atoms with Crippen molar-refractivity contribution >= 4 is 38.9 Å². The van der Waals surface area contributed by atoms with Crippen molar-refractivity contribution < 1.29 is 4.39 Å². The third-order valence-electron chi connectivity index (χ3n) is 2.99. The van der Waals surface area contributed by atoms with Crippen molar-refractivity contribution in [1.82, 2.24) is 9.55 Å². The van der Waals surface area contributed by atoms with Crippen LogP contribution in [0, 0.1) is 5.82 Å². The Morgan fingerprint density at radius 1 is 1.47 bits per heavy atom. The molecule has 0 atom stereocenters. The fourth-order valence-electron chi connectivity index (χ4n) is 2.14. The second-order valence-electron chi connectivity index (χ2n) is 4.19. The zero-order chi connectivity index (χ0) is 13.2. The molecule has 0 saturated heterocycles. The summed E-state index contributed by atoms with van der Waals surface area (Å²) in [7, 11) is 0. The van der Waals surface area contributed by atoms with Crippen molar-refractivity contribution in [2.75, 3.05) is 12.3 Å². The summed E-state index contributed by atoms with van der Waals surface area (Å²) in [5, 5.41) is 0. The maximum atomic E-state index is 13.2. The summed E-state index contributed by atoms with van der Waals surface area (Å²) in [6.45, 7) is 3.85. The minimum Gasteiger partial charge on any atom is -0.328 e. The Balaban J connectivity index is 1.89. The van der Waals surface area contributed by atoms with Crippen LogP contribution in [0.1, 0.15) is 12.7 Å². The molecule has 0 unspecified atom stereocenters. The highest BCUT2D eigenvalue weighted by atomic mass is 32.2. The average molecular weight is 295 g/mol. The molecule has 3 rings (SSSR count). The predicted molar refractivity (Wildman–Crippen MR) is 81.4 cm³/mol. The van der Waals surface area contributed by atoms with Crippen LogP contribution < -0.4 is 0 Å². The lowest BCUT2D eigenvalue weighted by molar-refractivity contribution is 0.629. The van der Waals surface area contributed by atoms with Crippen molar-refractivity contribution in [2.45, 2.75) is 19.2 Å². The van der Waals surface area contributed by atoms with Gasteiger partial charge in [0.2, 0.25) is 0 Å². The summed E-state index contributed by atoms with van der Waals surface area (Å²) in [5.74, 6) is 2.62. The van der Waals surface area contributed by atoms with E-state index in [4.69, 9.17) is 0 Å². The third-order valence-corrected chi connectivity index (χ3v) is 5.24. The highest BCUT2D eigenvalue weighted by Gasteiger charge is 2.13. The van der Waals surface area contributed by atoms with Gasteiger partial charge < -0.3 is 4.57 Å². The molecule has 0 N–H and O–H groups in total. The van der Waals surface area contributed by atoms with Crippen LogP contribution in [-0.4, -0.2) is 26.2 Å². The Morgan fingerprint density at radius 3 is 3.11 bits per heavy atom. The molecule has 2 aromatic rings. The molecule has 0 fully saturated rings. The third kappa shape index (κ3) is 2.65. The molecule has 0 amide bonds. The van der Waals surface area contributed by atoms with Crippen LogP contribution in [0.4, 0.5) is 4.39 Å². The van der Waals surface area contributed by atoms with Gasteiger partial charge in [-0.1, -0.05) is 23.5 Å². The molecule has 6 heteroatoms. The first-order valence-electron chi connectivity index (χ1n) is 6.22. The second kappa shape index (κ2) is 5.54. The number of halogens is 1. The van der Waals surface area contributed by atoms with Gasteiger partial charge in [0.05, 0.1) is 23.3 Å². The van der Waals surface area contributed by atoms with E-state index >= 15 is 0 Å². The first kappa shape index (κ1) is 13.0. The smallest absolute Gasteiger partial charge is 0.125 e. The van der Waals surface area contributed by atoms with Crippen LogP contribution in [0.5, 0.6) is 0 Å². The topological polar surface area (TPSA) is 30.2 Å². The van der Waals surface area contributed by atoms with Crippen LogP contribution in [0.2, 0.25) is 0 Å². The summed E-state index contributed by atoms with van der Waals surface area (Å²) >= 11 is 3.52. The van der Waals surface area contributed by atoms with Crippen LogP contribution in [-0.2, 0) is 12.3 Å². The lowest BCUT2D eigenvalue weighted by atomic mass is 10.3. The molecular weight excluding hydrogens is 281 g/mol. The van der Waals surface area contributed by atoms with Crippen molar-refractivity contribution in [3.05, 3.63) is 29.8 Å². The fourth-order valence-corrected chi connectivity index (χ4v) is 4.10. The van der Waals surface area contributed by atoms with Crippen LogP contribution in [0.25, 0.3) is 11.0 Å². The van der Waals surface area contributed by atoms with E-state index in [2.05, 4.69) is 21.5 Å². The maximum Gasteiger partial charge on any atom is 0.125 e. The normalized spacial score (nSPS) is 15.2. The lowest BCUT2D eigenvalue weighted by Crippen LogP contribution is -2.00. The molecular formula is C13H14FN3S2. The van der Waals surface area contributed by atoms with Gasteiger partial charge in [0.25, 0.3) is 0 Å². The van der Waals surface area contributed by atoms with Gasteiger partial charge in [0, 0.05) is 18.4 Å². The summed E-state index contributed by atoms with van der Waals surface area (Å²) in [6, 6.07) is 4.79. The molecule has 0 spiro atoms. The molecule has 100 valence electrons. The number of benzene rings is 1. The number of nitrogens with zero attached hydrogens (tertiary/aromatic N) is 3. The number of fused-ring (bicyclic) bond motifs is 1. The minimum absolute atomic E-state index is 0.233. The lowest BCUT2D eigenvalue weighted by Gasteiger charge is -2.05. The van der Waals surface area contributed by atoms with Gasteiger partial charge in [-0.25, -0.2) is 9.37 Å². The van der Waals surface area contributed by atoms with Gasteiger partial charge in [-0.05, 0) is 19.1 Å². The summed E-state index contributed by atoms with van der Waals surface area (Å²) in [5.41, 5.74) is 1.74. The maximum absolute atomic E-state index is 13.2. The molecule has 2 heterocycles. The first-order valence-corrected chi connectivity index (χ1v) is 8.19. The monoisotopic (exact) mass is 295 g/mol. The molecule has 0 aliphatic carbocycles. The molecule has 1 aromatic heterocycles. The van der Waals surface area contributed by atoms with E-state index in [1.807, 2.05) is 0 Å². The number of hydrogen-bond acceptors (Lipinski definition) is 4. The summed E-state index contributed by atoms with van der Waals surface area (Å²) in [4.78, 5) is 8.96. The summed E-state index contributed by atoms with van der Waals surface area (Å²) in [6.07, 6.45) is 0. The number of rotatable bonds is 3. The molecule has 1 aliphatic rings. The van der Waals surface area contributed by atoms with E-state index in [0.29, 0.717) is 0 Å². The molecule has 0 saturated carbocycles. The van der Waals surface area contributed by atoms with E-state index < -0.39 is 0 Å². The number of imidazole rings is 1. The van der Waals surface area contributed by atoms with E-state index in [1.165, 1.54) is 12.1 Å². The molecule has 1 aromatic carbocycles. The predicted octanol–water partition coefficient (Wildman–Crippen LogP) is 3.53. The van der Waals surface area contributed by atoms with Crippen molar-refractivity contribution in [3.8, 4) is 0 Å². The van der Waals surface area contributed by atoms with Crippen molar-refractivity contribution in [2.24, 2.45) is 4.99 Å². The minimum atomic E-state index is -0.233. The molecule has 1 aliphatic heterocycles. The van der Waals surface area contributed by atoms with Gasteiger partial charge >= 0.3 is 0 Å². The van der Waals surface area contributed by atoms with Gasteiger partial charge in [0.15, 0.2) is 0 Å². The molecule has 0 radical (unpaired) electrons. The Kier molecular flexibility index (Phi) is 3.79. The van der Waals surface area contributed by atoms with Crippen molar-refractivity contribution in [3.63, 3.8) is 0 Å². The Morgan fingerprint density at radius 2 is 2.37 bits per heavy atom. The molecule has 3 nitrogen and oxygen atoms in total. The second-order valence-corrected chi connectivity index (χ2v) is 6.50. The summed E-state index contributed by atoms with van der Waals surface area (Å²) < 4.78 is 16.5. The van der Waals surface area contributed by atoms with Gasteiger partial charge in [-0.2, -0.15) is 0 Å². The Hall–Kier alpha value is -1.01. The number of aryl methyl sites for hydroxylation is 1. The highest BCUT2D eigenvalue weighted by Crippen LogP contribution is 2.26. The van der Waals surface area contributed by atoms with E-state index in [0.717, 1.165) is 45.8 Å². The van der Waals surface area contributed by atoms with Gasteiger partial charge in [-0.3, -0.25) is 4.99 Å². The quantitative estimate of drug-likeness (QED) is 0.867. The number of aliphatic imine (C=N–C) groups is 1. The standard InChI is InChI=1S/C13H14FN3S2/c1-2-17-11-4-3-9(14)7-10(11)16-12(17)8-19-13-15-5-6-18-13/h3-4,7H,2,5-6,8H2,1H3. The zero-order valence-electron chi connectivity index (χ0n) is 10.6. The first-order chi connectivity index (χ1) is 9.28. The fraction of sp³-hybridized carbons (Fsp3) is 0.385. The largest absolute Gasteiger partial charge is 0.328 e. The zero-order valence-corrected chi connectivity index (χ0v) is 12.2. The van der Waals surface area contributed by atoms with Crippen LogP contribution >= 0.6 is 23.5 Å². The number of aromatic nitrogens is 2. The molecule has 19 heavy (non-hydrogen) atoms. The Labute approximate surface area is 119 Å². The van der Waals surface area contributed by atoms with E-state index in [1.54, 1.807) is 29.6 Å².